The lowest BCUT2D eigenvalue weighted by Crippen LogP contribution is -2.64. The number of likely N-dealkylation sites (tertiary alicyclic amines) is 1. The van der Waals surface area contributed by atoms with Gasteiger partial charge in [-0.05, 0) is 24.5 Å². The molecule has 2 aliphatic heterocycles. The highest BCUT2D eigenvalue weighted by Gasteiger charge is 2.42. The molecule has 27 heavy (non-hydrogen) atoms. The Balaban J connectivity index is 1.40. The van der Waals surface area contributed by atoms with Gasteiger partial charge >= 0.3 is 0 Å². The molecule has 2 aromatic rings. The molecule has 0 unspecified atom stereocenters. The number of carbonyl (C=O) groups excluding carboxylic acids is 1. The predicted molar refractivity (Wildman–Crippen MR) is 103 cm³/mol. The number of H-pyrrole nitrogens is 1. The van der Waals surface area contributed by atoms with Gasteiger partial charge in [-0.1, -0.05) is 18.2 Å². The van der Waals surface area contributed by atoms with Gasteiger partial charge in [0.2, 0.25) is 15.9 Å². The van der Waals surface area contributed by atoms with Crippen molar-refractivity contribution in [1.29, 1.82) is 0 Å². The fraction of sp³-hybridized carbons (Fsp3) is 0.526. The number of nitrogens with zero attached hydrogens (tertiary/aromatic N) is 2. The number of aromatic nitrogens is 1. The number of rotatable bonds is 5. The lowest BCUT2D eigenvalue weighted by atomic mass is 10.0. The molecule has 0 saturated carbocycles. The van der Waals surface area contributed by atoms with Crippen molar-refractivity contribution in [3.8, 4) is 0 Å². The molecule has 2 fully saturated rings. The first-order valence-electron chi connectivity index (χ1n) is 9.32. The summed E-state index contributed by atoms with van der Waals surface area (Å²) in [6.07, 6.45) is 4.90. The van der Waals surface area contributed by atoms with Crippen molar-refractivity contribution >= 4 is 26.8 Å². The molecular formula is C19H25N3O4S. The summed E-state index contributed by atoms with van der Waals surface area (Å²) < 4.78 is 31.6. The van der Waals surface area contributed by atoms with Gasteiger partial charge in [-0.25, -0.2) is 8.42 Å². The van der Waals surface area contributed by atoms with Crippen molar-refractivity contribution in [3.05, 3.63) is 36.0 Å². The summed E-state index contributed by atoms with van der Waals surface area (Å²) in [6.45, 7) is 2.11. The monoisotopic (exact) mass is 391 g/mol. The SMILES string of the molecule is CS(=O)(=O)N(C1CCOCC1)C1CN(C(=O)Cc2c[nH]c3ccccc23)C1. The third kappa shape index (κ3) is 3.74. The first-order valence-corrected chi connectivity index (χ1v) is 11.2. The summed E-state index contributed by atoms with van der Waals surface area (Å²) in [5.74, 6) is 0.0384. The molecule has 0 bridgehead atoms. The van der Waals surface area contributed by atoms with Crippen LogP contribution >= 0.6 is 0 Å². The van der Waals surface area contributed by atoms with Crippen LogP contribution in [0.5, 0.6) is 0 Å². The van der Waals surface area contributed by atoms with Gasteiger partial charge in [-0.2, -0.15) is 4.31 Å². The molecule has 0 aliphatic carbocycles. The number of amides is 1. The average Bonchev–Trinajstić information content (AvgIpc) is 3.00. The maximum absolute atomic E-state index is 12.7. The van der Waals surface area contributed by atoms with Gasteiger partial charge in [0.25, 0.3) is 0 Å². The second-order valence-electron chi connectivity index (χ2n) is 7.43. The number of hydrogen-bond donors (Lipinski definition) is 1. The van der Waals surface area contributed by atoms with Crippen LogP contribution in [0.15, 0.2) is 30.5 Å². The Kier molecular flexibility index (Phi) is 4.96. The molecule has 2 saturated heterocycles. The van der Waals surface area contributed by atoms with Gasteiger partial charge in [0.15, 0.2) is 0 Å². The van der Waals surface area contributed by atoms with Crippen LogP contribution in [-0.4, -0.2) is 73.2 Å². The molecule has 0 spiro atoms. The molecular weight excluding hydrogens is 366 g/mol. The number of fused-ring (bicyclic) bond motifs is 1. The van der Waals surface area contributed by atoms with Crippen molar-refractivity contribution < 1.29 is 17.9 Å². The highest BCUT2D eigenvalue weighted by Crippen LogP contribution is 2.27. The molecule has 7 nitrogen and oxygen atoms in total. The van der Waals surface area contributed by atoms with E-state index in [9.17, 15) is 13.2 Å². The van der Waals surface area contributed by atoms with Gasteiger partial charge < -0.3 is 14.6 Å². The molecule has 146 valence electrons. The normalized spacial score (nSPS) is 19.6. The van der Waals surface area contributed by atoms with Crippen LogP contribution in [0.25, 0.3) is 10.9 Å². The minimum Gasteiger partial charge on any atom is -0.381 e. The fourth-order valence-corrected chi connectivity index (χ4v) is 5.58. The van der Waals surface area contributed by atoms with Crippen molar-refractivity contribution in [2.24, 2.45) is 0 Å². The standard InChI is InChI=1S/C19H25N3O4S/c1-27(24,25)22(15-6-8-26-9-7-15)16-12-21(13-16)19(23)10-14-11-20-18-5-3-2-4-17(14)18/h2-5,11,15-16,20H,6-10,12-13H2,1H3. The number of hydrogen-bond acceptors (Lipinski definition) is 4. The van der Waals surface area contributed by atoms with Gasteiger partial charge in [0.1, 0.15) is 0 Å². The fourth-order valence-electron chi connectivity index (χ4n) is 4.15. The summed E-state index contributed by atoms with van der Waals surface area (Å²) in [6, 6.07) is 7.76. The van der Waals surface area contributed by atoms with Crippen LogP contribution < -0.4 is 0 Å². The maximum atomic E-state index is 12.7. The Morgan fingerprint density at radius 2 is 1.93 bits per heavy atom. The molecule has 1 amide bonds. The van der Waals surface area contributed by atoms with Gasteiger partial charge in [0, 0.05) is 49.4 Å². The number of ether oxygens (including phenoxy) is 1. The summed E-state index contributed by atoms with van der Waals surface area (Å²) in [5, 5.41) is 1.06. The van der Waals surface area contributed by atoms with E-state index in [4.69, 9.17) is 4.74 Å². The molecule has 2 aliphatic rings. The minimum atomic E-state index is -3.32. The van der Waals surface area contributed by atoms with E-state index in [1.807, 2.05) is 30.5 Å². The first-order chi connectivity index (χ1) is 12.9. The molecule has 4 rings (SSSR count). The number of benzene rings is 1. The lowest BCUT2D eigenvalue weighted by molar-refractivity contribution is -0.137. The third-order valence-electron chi connectivity index (χ3n) is 5.53. The number of para-hydroxylation sites is 1. The van der Waals surface area contributed by atoms with Crippen molar-refractivity contribution in [1.82, 2.24) is 14.2 Å². The van der Waals surface area contributed by atoms with Crippen LogP contribution in [0.1, 0.15) is 18.4 Å². The van der Waals surface area contributed by atoms with Crippen molar-refractivity contribution in [3.63, 3.8) is 0 Å². The number of nitrogens with one attached hydrogen (secondary N) is 1. The highest BCUT2D eigenvalue weighted by molar-refractivity contribution is 7.88. The van der Waals surface area contributed by atoms with Gasteiger partial charge in [0.05, 0.1) is 18.7 Å². The van der Waals surface area contributed by atoms with Crippen LogP contribution in [0, 0.1) is 0 Å². The molecule has 0 radical (unpaired) electrons. The van der Waals surface area contributed by atoms with Crippen LogP contribution in [0.2, 0.25) is 0 Å². The molecule has 1 aromatic heterocycles. The Labute approximate surface area is 159 Å². The summed E-state index contributed by atoms with van der Waals surface area (Å²) in [7, 11) is -3.32. The topological polar surface area (TPSA) is 82.7 Å². The second kappa shape index (κ2) is 7.26. The van der Waals surface area contributed by atoms with E-state index in [-0.39, 0.29) is 18.0 Å². The van der Waals surface area contributed by atoms with Crippen molar-refractivity contribution in [2.75, 3.05) is 32.6 Å². The van der Waals surface area contributed by atoms with Crippen molar-refractivity contribution in [2.45, 2.75) is 31.3 Å². The first kappa shape index (κ1) is 18.5. The molecule has 0 atom stereocenters. The van der Waals surface area contributed by atoms with E-state index < -0.39 is 10.0 Å². The van der Waals surface area contributed by atoms with E-state index in [1.54, 1.807) is 9.21 Å². The zero-order valence-electron chi connectivity index (χ0n) is 15.4. The number of aromatic amines is 1. The van der Waals surface area contributed by atoms with E-state index in [0.717, 1.165) is 16.5 Å². The Bertz CT molecular complexity index is 927. The van der Waals surface area contributed by atoms with E-state index in [0.29, 0.717) is 45.6 Å². The molecule has 8 heteroatoms. The number of carbonyl (C=O) groups is 1. The van der Waals surface area contributed by atoms with Gasteiger partial charge in [-0.15, -0.1) is 0 Å². The summed E-state index contributed by atoms with van der Waals surface area (Å²) in [5.41, 5.74) is 1.99. The minimum absolute atomic E-state index is 0.0235. The molecule has 1 N–H and O–H groups in total. The van der Waals surface area contributed by atoms with Crippen LogP contribution in [0.4, 0.5) is 0 Å². The number of sulfonamides is 1. The third-order valence-corrected chi connectivity index (χ3v) is 6.89. The van der Waals surface area contributed by atoms with Crippen LogP contribution in [0.3, 0.4) is 0 Å². The zero-order valence-corrected chi connectivity index (χ0v) is 16.2. The summed E-state index contributed by atoms with van der Waals surface area (Å²) >= 11 is 0. The Morgan fingerprint density at radius 1 is 1.22 bits per heavy atom. The zero-order chi connectivity index (χ0) is 19.0. The van der Waals surface area contributed by atoms with Gasteiger partial charge in [-0.3, -0.25) is 4.79 Å². The average molecular weight is 391 g/mol. The summed E-state index contributed by atoms with van der Waals surface area (Å²) in [4.78, 5) is 17.6. The second-order valence-corrected chi connectivity index (χ2v) is 9.31. The van der Waals surface area contributed by atoms with Crippen LogP contribution in [-0.2, 0) is 26.0 Å². The largest absolute Gasteiger partial charge is 0.381 e. The predicted octanol–water partition coefficient (Wildman–Crippen LogP) is 1.36. The lowest BCUT2D eigenvalue weighted by Gasteiger charge is -2.47. The molecule has 1 aromatic carbocycles. The smallest absolute Gasteiger partial charge is 0.227 e. The Morgan fingerprint density at radius 3 is 2.63 bits per heavy atom. The Hall–Kier alpha value is -1.90. The van der Waals surface area contributed by atoms with E-state index in [2.05, 4.69) is 4.98 Å². The molecule has 3 heterocycles. The maximum Gasteiger partial charge on any atom is 0.227 e. The van der Waals surface area contributed by atoms with E-state index >= 15 is 0 Å². The quantitative estimate of drug-likeness (QED) is 0.834. The van der Waals surface area contributed by atoms with E-state index in [1.165, 1.54) is 6.26 Å². The highest BCUT2D eigenvalue weighted by atomic mass is 32.2.